The largest absolute Gasteiger partial charge is 0.411 e. The summed E-state index contributed by atoms with van der Waals surface area (Å²) in [5.74, 6) is 0.263. The molecule has 0 aromatic heterocycles. The molecule has 0 amide bonds. The number of hydrogen-bond donors (Lipinski definition) is 1. The highest BCUT2D eigenvalue weighted by molar-refractivity contribution is 5.88. The summed E-state index contributed by atoms with van der Waals surface area (Å²) in [5.41, 5.74) is 3.53. The Morgan fingerprint density at radius 2 is 1.58 bits per heavy atom. The molecule has 1 heterocycles. The molecule has 0 aliphatic carbocycles. The van der Waals surface area contributed by atoms with Crippen molar-refractivity contribution in [3.63, 3.8) is 0 Å². The van der Waals surface area contributed by atoms with Crippen LogP contribution in [0.1, 0.15) is 62.2 Å². The quantitative estimate of drug-likeness (QED) is 0.404. The molecule has 3 heteroatoms. The first kappa shape index (κ1) is 18.7. The van der Waals surface area contributed by atoms with Crippen LogP contribution in [0.15, 0.2) is 65.8 Å². The second kappa shape index (κ2) is 9.00. The molecule has 0 bridgehead atoms. The molecule has 26 heavy (non-hydrogen) atoms. The van der Waals surface area contributed by atoms with Gasteiger partial charge in [-0.1, -0.05) is 92.0 Å². The molecule has 0 saturated carbocycles. The van der Waals surface area contributed by atoms with Gasteiger partial charge in [0.1, 0.15) is 0 Å². The Morgan fingerprint density at radius 3 is 2.15 bits per heavy atom. The fourth-order valence-electron chi connectivity index (χ4n) is 4.35. The van der Waals surface area contributed by atoms with Crippen LogP contribution in [-0.4, -0.2) is 22.9 Å². The van der Waals surface area contributed by atoms with Crippen molar-refractivity contribution in [2.45, 2.75) is 51.1 Å². The number of piperidine rings is 1. The van der Waals surface area contributed by atoms with E-state index in [1.165, 1.54) is 30.4 Å². The monoisotopic (exact) mass is 350 g/mol. The first-order valence-corrected chi connectivity index (χ1v) is 9.79. The number of unbranched alkanes of at least 4 members (excludes halogenated alkanes) is 2. The summed E-state index contributed by atoms with van der Waals surface area (Å²) >= 11 is 0. The van der Waals surface area contributed by atoms with Gasteiger partial charge >= 0.3 is 0 Å². The average Bonchev–Trinajstić information content (AvgIpc) is 2.70. The topological polar surface area (TPSA) is 35.8 Å². The molecule has 1 saturated heterocycles. The van der Waals surface area contributed by atoms with Crippen LogP contribution in [0.2, 0.25) is 0 Å². The van der Waals surface area contributed by atoms with Crippen molar-refractivity contribution in [2.24, 2.45) is 11.1 Å². The second-order valence-electron chi connectivity index (χ2n) is 7.35. The lowest BCUT2D eigenvalue weighted by molar-refractivity contribution is 0.117. The molecule has 3 atom stereocenters. The van der Waals surface area contributed by atoms with Crippen LogP contribution in [0, 0.1) is 5.92 Å². The lowest BCUT2D eigenvalue weighted by Crippen LogP contribution is -2.43. The third-order valence-electron chi connectivity index (χ3n) is 5.71. The minimum absolute atomic E-state index is 0.231. The van der Waals surface area contributed by atoms with Crippen molar-refractivity contribution in [1.82, 2.24) is 4.90 Å². The number of nitrogens with zero attached hydrogens (tertiary/aromatic N) is 2. The van der Waals surface area contributed by atoms with Crippen molar-refractivity contribution >= 4 is 5.71 Å². The summed E-state index contributed by atoms with van der Waals surface area (Å²) in [6.07, 6.45) is 5.46. The minimum Gasteiger partial charge on any atom is -0.411 e. The van der Waals surface area contributed by atoms with Crippen molar-refractivity contribution in [3.8, 4) is 0 Å². The van der Waals surface area contributed by atoms with Crippen LogP contribution in [0.4, 0.5) is 0 Å². The van der Waals surface area contributed by atoms with E-state index in [0.717, 1.165) is 18.6 Å². The molecule has 2 aromatic carbocycles. The molecule has 1 aliphatic rings. The van der Waals surface area contributed by atoms with Gasteiger partial charge in [0.25, 0.3) is 0 Å². The smallest absolute Gasteiger partial charge is 0.0639 e. The zero-order chi connectivity index (χ0) is 18.4. The van der Waals surface area contributed by atoms with E-state index in [0.29, 0.717) is 0 Å². The van der Waals surface area contributed by atoms with E-state index < -0.39 is 0 Å². The van der Waals surface area contributed by atoms with Gasteiger partial charge in [0.05, 0.1) is 5.71 Å². The van der Waals surface area contributed by atoms with Gasteiger partial charge in [0.2, 0.25) is 0 Å². The van der Waals surface area contributed by atoms with Gasteiger partial charge in [-0.3, -0.25) is 4.90 Å². The SMILES string of the molecule is CCCCC[C@@H]1/C(=N\O)C[C@H](c2ccccc2)N(C)[C@@H]1c1ccccc1. The fraction of sp³-hybridized carbons (Fsp3) is 0.435. The van der Waals surface area contributed by atoms with Gasteiger partial charge in [-0.15, -0.1) is 0 Å². The number of likely N-dealkylation sites (tertiary alicyclic amines) is 1. The Bertz CT molecular complexity index is 699. The maximum absolute atomic E-state index is 9.80. The van der Waals surface area contributed by atoms with Crippen LogP contribution >= 0.6 is 0 Å². The van der Waals surface area contributed by atoms with Crippen molar-refractivity contribution in [1.29, 1.82) is 0 Å². The van der Waals surface area contributed by atoms with E-state index >= 15 is 0 Å². The molecule has 0 radical (unpaired) electrons. The van der Waals surface area contributed by atoms with Crippen LogP contribution in [0.3, 0.4) is 0 Å². The lowest BCUT2D eigenvalue weighted by Gasteiger charge is -2.45. The molecule has 0 spiro atoms. The zero-order valence-electron chi connectivity index (χ0n) is 15.9. The molecule has 3 rings (SSSR count). The van der Waals surface area contributed by atoms with Gasteiger partial charge in [-0.05, 0) is 24.6 Å². The fourth-order valence-corrected chi connectivity index (χ4v) is 4.35. The predicted octanol–water partition coefficient (Wildman–Crippen LogP) is 5.83. The van der Waals surface area contributed by atoms with Crippen LogP contribution < -0.4 is 0 Å². The van der Waals surface area contributed by atoms with Crippen LogP contribution in [0.5, 0.6) is 0 Å². The highest BCUT2D eigenvalue weighted by Gasteiger charge is 2.40. The van der Waals surface area contributed by atoms with E-state index in [1.807, 2.05) is 0 Å². The molecule has 3 nitrogen and oxygen atoms in total. The number of hydrogen-bond acceptors (Lipinski definition) is 3. The van der Waals surface area contributed by atoms with E-state index in [9.17, 15) is 5.21 Å². The third-order valence-corrected chi connectivity index (χ3v) is 5.71. The molecular formula is C23H30N2O. The third kappa shape index (κ3) is 3.99. The molecule has 2 aromatic rings. The summed E-state index contributed by atoms with van der Waals surface area (Å²) in [5, 5.41) is 13.6. The standard InChI is InChI=1S/C23H30N2O/c1-3-4-7-16-20-21(24-26)17-22(18-12-8-5-9-13-18)25(2)23(20)19-14-10-6-11-15-19/h5-6,8-15,20,22-23,26H,3-4,7,16-17H2,1-2H3/b24-21-/t20-,22-,23-/m1/s1. The summed E-state index contributed by atoms with van der Waals surface area (Å²) in [4.78, 5) is 2.48. The second-order valence-corrected chi connectivity index (χ2v) is 7.35. The summed E-state index contributed by atoms with van der Waals surface area (Å²) in [6, 6.07) is 21.7. The van der Waals surface area contributed by atoms with Gasteiger partial charge in [-0.2, -0.15) is 0 Å². The van der Waals surface area contributed by atoms with E-state index in [4.69, 9.17) is 0 Å². The van der Waals surface area contributed by atoms with Crippen molar-refractivity contribution < 1.29 is 5.21 Å². The highest BCUT2D eigenvalue weighted by atomic mass is 16.4. The van der Waals surface area contributed by atoms with Gasteiger partial charge in [0.15, 0.2) is 0 Å². The first-order valence-electron chi connectivity index (χ1n) is 9.79. The normalized spacial score (nSPS) is 25.5. The maximum Gasteiger partial charge on any atom is 0.0639 e. The Balaban J connectivity index is 1.97. The van der Waals surface area contributed by atoms with Gasteiger partial charge in [-0.25, -0.2) is 0 Å². The molecule has 138 valence electrons. The summed E-state index contributed by atoms with van der Waals surface area (Å²) in [6.45, 7) is 2.23. The number of rotatable bonds is 6. The Kier molecular flexibility index (Phi) is 6.45. The molecule has 1 aliphatic heterocycles. The van der Waals surface area contributed by atoms with E-state index in [1.54, 1.807) is 0 Å². The van der Waals surface area contributed by atoms with Crippen molar-refractivity contribution in [2.75, 3.05) is 7.05 Å². The number of benzene rings is 2. The Labute approximate surface area is 157 Å². The highest BCUT2D eigenvalue weighted by Crippen LogP contribution is 2.44. The van der Waals surface area contributed by atoms with Gasteiger partial charge < -0.3 is 5.21 Å². The molecule has 1 N–H and O–H groups in total. The van der Waals surface area contributed by atoms with Gasteiger partial charge in [0, 0.05) is 24.4 Å². The summed E-state index contributed by atoms with van der Waals surface area (Å²) in [7, 11) is 2.22. The first-order chi connectivity index (χ1) is 12.8. The molecule has 0 unspecified atom stereocenters. The predicted molar refractivity (Wildman–Crippen MR) is 108 cm³/mol. The van der Waals surface area contributed by atoms with Crippen LogP contribution in [0.25, 0.3) is 0 Å². The van der Waals surface area contributed by atoms with E-state index in [2.05, 4.69) is 84.7 Å². The lowest BCUT2D eigenvalue weighted by atomic mass is 9.76. The maximum atomic E-state index is 9.80. The summed E-state index contributed by atoms with van der Waals surface area (Å²) < 4.78 is 0. The zero-order valence-corrected chi connectivity index (χ0v) is 15.9. The molecular weight excluding hydrogens is 320 g/mol. The molecule has 1 fully saturated rings. The Morgan fingerprint density at radius 1 is 0.962 bits per heavy atom. The van der Waals surface area contributed by atoms with Crippen LogP contribution in [-0.2, 0) is 0 Å². The van der Waals surface area contributed by atoms with Crippen molar-refractivity contribution in [3.05, 3.63) is 71.8 Å². The number of oxime groups is 1. The minimum atomic E-state index is 0.231. The Hall–Kier alpha value is -2.13. The average molecular weight is 351 g/mol. The van der Waals surface area contributed by atoms with E-state index in [-0.39, 0.29) is 18.0 Å².